The number of ether oxygens (including phenoxy) is 1. The summed E-state index contributed by atoms with van der Waals surface area (Å²) in [6.07, 6.45) is 5.59. The van der Waals surface area contributed by atoms with E-state index in [9.17, 15) is 9.59 Å². The van der Waals surface area contributed by atoms with Crippen molar-refractivity contribution in [1.82, 2.24) is 19.9 Å². The maximum absolute atomic E-state index is 13.0. The molecule has 0 aliphatic carbocycles. The predicted octanol–water partition coefficient (Wildman–Crippen LogP) is 3.54. The molecular formula is C25H27N5O3. The smallest absolute Gasteiger partial charge is 0.272 e. The van der Waals surface area contributed by atoms with Gasteiger partial charge in [0.2, 0.25) is 0 Å². The van der Waals surface area contributed by atoms with E-state index in [0.717, 1.165) is 24.3 Å². The molecule has 1 fully saturated rings. The summed E-state index contributed by atoms with van der Waals surface area (Å²) in [6.45, 7) is 3.15. The van der Waals surface area contributed by atoms with Crippen molar-refractivity contribution >= 4 is 17.5 Å². The highest BCUT2D eigenvalue weighted by molar-refractivity contribution is 6.04. The van der Waals surface area contributed by atoms with Crippen molar-refractivity contribution in [2.45, 2.75) is 26.2 Å². The Bertz CT molecular complexity index is 1110. The van der Waals surface area contributed by atoms with Gasteiger partial charge in [-0.1, -0.05) is 6.07 Å². The number of rotatable bonds is 6. The number of carbonyl (C=O) groups excluding carboxylic acids is 2. The van der Waals surface area contributed by atoms with Crippen LogP contribution in [0.3, 0.4) is 0 Å². The van der Waals surface area contributed by atoms with Crippen molar-refractivity contribution in [2.24, 2.45) is 5.92 Å². The molecule has 8 heteroatoms. The number of carbonyl (C=O) groups is 2. The molecule has 170 valence electrons. The first-order valence-electron chi connectivity index (χ1n) is 11.0. The van der Waals surface area contributed by atoms with Gasteiger partial charge in [0.25, 0.3) is 11.8 Å². The molecule has 4 rings (SSSR count). The Kier molecular flexibility index (Phi) is 6.92. The van der Waals surface area contributed by atoms with E-state index >= 15 is 0 Å². The number of nitrogens with zero attached hydrogens (tertiary/aromatic N) is 4. The molecule has 1 aliphatic rings. The zero-order valence-electron chi connectivity index (χ0n) is 18.8. The van der Waals surface area contributed by atoms with Crippen LogP contribution >= 0.6 is 0 Å². The van der Waals surface area contributed by atoms with Gasteiger partial charge in [0, 0.05) is 31.2 Å². The van der Waals surface area contributed by atoms with Gasteiger partial charge in [-0.05, 0) is 68.5 Å². The molecule has 3 heterocycles. The Morgan fingerprint density at radius 3 is 2.52 bits per heavy atom. The van der Waals surface area contributed by atoms with Crippen LogP contribution in [0, 0.1) is 12.8 Å². The van der Waals surface area contributed by atoms with Gasteiger partial charge in [-0.15, -0.1) is 0 Å². The van der Waals surface area contributed by atoms with E-state index in [1.165, 1.54) is 0 Å². The average molecular weight is 446 g/mol. The summed E-state index contributed by atoms with van der Waals surface area (Å²) in [7, 11) is 1.60. The van der Waals surface area contributed by atoms with Crippen LogP contribution in [0.2, 0.25) is 0 Å². The van der Waals surface area contributed by atoms with Crippen LogP contribution in [0.4, 0.5) is 5.69 Å². The van der Waals surface area contributed by atoms with Crippen molar-refractivity contribution in [1.29, 1.82) is 0 Å². The molecule has 0 bridgehead atoms. The number of hydrogen-bond donors (Lipinski definition) is 1. The molecule has 3 aromatic rings. The lowest BCUT2D eigenvalue weighted by atomic mass is 9.90. The Labute approximate surface area is 193 Å². The fraction of sp³-hybridized carbons (Fsp3) is 0.320. The molecule has 0 unspecified atom stereocenters. The fourth-order valence-corrected chi connectivity index (χ4v) is 4.00. The number of piperidine rings is 1. The fourth-order valence-electron chi connectivity index (χ4n) is 4.00. The molecule has 2 amide bonds. The second-order valence-electron chi connectivity index (χ2n) is 8.11. The third-order valence-electron chi connectivity index (χ3n) is 5.85. The van der Waals surface area contributed by atoms with Crippen LogP contribution in [0.25, 0.3) is 0 Å². The van der Waals surface area contributed by atoms with Gasteiger partial charge in [0.1, 0.15) is 17.3 Å². The highest BCUT2D eigenvalue weighted by atomic mass is 16.5. The van der Waals surface area contributed by atoms with Gasteiger partial charge in [0.05, 0.1) is 18.4 Å². The Hall–Kier alpha value is -3.81. The average Bonchev–Trinajstić information content (AvgIpc) is 2.85. The monoisotopic (exact) mass is 445 g/mol. The third-order valence-corrected chi connectivity index (χ3v) is 5.85. The van der Waals surface area contributed by atoms with Crippen molar-refractivity contribution < 1.29 is 14.3 Å². The summed E-state index contributed by atoms with van der Waals surface area (Å²) in [5.41, 5.74) is 2.36. The lowest BCUT2D eigenvalue weighted by Gasteiger charge is -2.32. The second-order valence-corrected chi connectivity index (χ2v) is 8.11. The number of likely N-dealkylation sites (tertiary alicyclic amines) is 1. The summed E-state index contributed by atoms with van der Waals surface area (Å²) in [5, 5.41) is 2.91. The van der Waals surface area contributed by atoms with E-state index in [4.69, 9.17) is 4.74 Å². The van der Waals surface area contributed by atoms with Crippen LogP contribution in [-0.4, -0.2) is 51.9 Å². The Balaban J connectivity index is 1.40. The van der Waals surface area contributed by atoms with Gasteiger partial charge in [-0.3, -0.25) is 14.6 Å². The standard InChI is InChI=1S/C25H27N5O3/c1-17-27-16-21(24(31)29-19-6-8-20(33-2)9-7-19)23(28-17)15-18-10-13-30(14-11-18)25(32)22-5-3-4-12-26-22/h3-9,12,16,18H,10-11,13-15H2,1-2H3,(H,29,31). The van der Waals surface area contributed by atoms with Gasteiger partial charge >= 0.3 is 0 Å². The normalized spacial score (nSPS) is 14.1. The van der Waals surface area contributed by atoms with E-state index in [0.29, 0.717) is 48.2 Å². The van der Waals surface area contributed by atoms with Gasteiger partial charge < -0.3 is 15.0 Å². The molecule has 1 aliphatic heterocycles. The summed E-state index contributed by atoms with van der Waals surface area (Å²) in [4.78, 5) is 40.4. The molecule has 2 aromatic heterocycles. The number of methoxy groups -OCH3 is 1. The first kappa shape index (κ1) is 22.4. The van der Waals surface area contributed by atoms with Crippen LogP contribution in [0.5, 0.6) is 5.75 Å². The molecule has 0 saturated carbocycles. The number of pyridine rings is 1. The van der Waals surface area contributed by atoms with Crippen LogP contribution < -0.4 is 10.1 Å². The number of aryl methyl sites for hydroxylation is 1. The van der Waals surface area contributed by atoms with Crippen LogP contribution in [0.15, 0.2) is 54.9 Å². The second kappa shape index (κ2) is 10.2. The van der Waals surface area contributed by atoms with Crippen LogP contribution in [0.1, 0.15) is 45.2 Å². The van der Waals surface area contributed by atoms with E-state index in [-0.39, 0.29) is 11.8 Å². The lowest BCUT2D eigenvalue weighted by Crippen LogP contribution is -2.39. The highest BCUT2D eigenvalue weighted by Crippen LogP contribution is 2.24. The molecule has 33 heavy (non-hydrogen) atoms. The summed E-state index contributed by atoms with van der Waals surface area (Å²) < 4.78 is 5.16. The van der Waals surface area contributed by atoms with E-state index in [1.807, 2.05) is 17.9 Å². The number of benzene rings is 1. The van der Waals surface area contributed by atoms with Gasteiger partial charge in [0.15, 0.2) is 0 Å². The summed E-state index contributed by atoms with van der Waals surface area (Å²) >= 11 is 0. The first-order chi connectivity index (χ1) is 16.0. The third kappa shape index (κ3) is 5.52. The molecule has 0 radical (unpaired) electrons. The molecule has 1 saturated heterocycles. The molecule has 0 atom stereocenters. The number of nitrogens with one attached hydrogen (secondary N) is 1. The van der Waals surface area contributed by atoms with Crippen molar-refractivity contribution in [2.75, 3.05) is 25.5 Å². The predicted molar refractivity (Wildman–Crippen MR) is 124 cm³/mol. The van der Waals surface area contributed by atoms with Crippen LogP contribution in [-0.2, 0) is 6.42 Å². The SMILES string of the molecule is COc1ccc(NC(=O)c2cnc(C)nc2CC2CCN(C(=O)c3ccccn3)CC2)cc1. The zero-order chi connectivity index (χ0) is 23.2. The van der Waals surface area contributed by atoms with E-state index in [1.54, 1.807) is 55.9 Å². The lowest BCUT2D eigenvalue weighted by molar-refractivity contribution is 0.0684. The zero-order valence-corrected chi connectivity index (χ0v) is 18.8. The van der Waals surface area contributed by atoms with E-state index < -0.39 is 0 Å². The Morgan fingerprint density at radius 2 is 1.85 bits per heavy atom. The number of anilines is 1. The van der Waals surface area contributed by atoms with Crippen molar-refractivity contribution in [3.8, 4) is 5.75 Å². The molecule has 0 spiro atoms. The summed E-state index contributed by atoms with van der Waals surface area (Å²) in [5.74, 6) is 1.41. The van der Waals surface area contributed by atoms with Crippen molar-refractivity contribution in [3.05, 3.63) is 77.6 Å². The number of amides is 2. The minimum Gasteiger partial charge on any atom is -0.497 e. The molecule has 8 nitrogen and oxygen atoms in total. The summed E-state index contributed by atoms with van der Waals surface area (Å²) in [6, 6.07) is 12.5. The number of hydrogen-bond acceptors (Lipinski definition) is 6. The number of aromatic nitrogens is 3. The van der Waals surface area contributed by atoms with Crippen molar-refractivity contribution in [3.63, 3.8) is 0 Å². The topological polar surface area (TPSA) is 97.3 Å². The maximum atomic E-state index is 13.0. The minimum absolute atomic E-state index is 0.0357. The largest absolute Gasteiger partial charge is 0.497 e. The van der Waals surface area contributed by atoms with E-state index in [2.05, 4.69) is 20.3 Å². The molecule has 1 N–H and O–H groups in total. The van der Waals surface area contributed by atoms with Gasteiger partial charge in [-0.2, -0.15) is 0 Å². The minimum atomic E-state index is -0.238. The Morgan fingerprint density at radius 1 is 1.09 bits per heavy atom. The molecule has 1 aromatic carbocycles. The first-order valence-corrected chi connectivity index (χ1v) is 11.0. The maximum Gasteiger partial charge on any atom is 0.272 e. The molecular weight excluding hydrogens is 418 g/mol. The van der Waals surface area contributed by atoms with Gasteiger partial charge in [-0.25, -0.2) is 9.97 Å². The highest BCUT2D eigenvalue weighted by Gasteiger charge is 2.26. The quantitative estimate of drug-likeness (QED) is 0.623.